The van der Waals surface area contributed by atoms with Crippen molar-refractivity contribution in [2.75, 3.05) is 6.61 Å². The van der Waals surface area contributed by atoms with Gasteiger partial charge in [0.2, 0.25) is 0 Å². The zero-order valence-corrected chi connectivity index (χ0v) is 11.8. The molecule has 0 aliphatic heterocycles. The summed E-state index contributed by atoms with van der Waals surface area (Å²) in [5.41, 5.74) is 0.791. The van der Waals surface area contributed by atoms with E-state index in [0.29, 0.717) is 17.3 Å². The van der Waals surface area contributed by atoms with Crippen LogP contribution in [-0.2, 0) is 4.74 Å². The molecule has 1 heterocycles. The number of carbonyl (C=O) groups is 1. The molecule has 1 aromatic carbocycles. The molecule has 94 valence electrons. The molecule has 0 atom stereocenters. The third-order valence-electron chi connectivity index (χ3n) is 2.13. The fraction of sp³-hybridized carbons (Fsp3) is 0.182. The van der Waals surface area contributed by atoms with Gasteiger partial charge in [0.15, 0.2) is 5.69 Å². The number of benzene rings is 1. The van der Waals surface area contributed by atoms with E-state index in [1.165, 1.54) is 10.9 Å². The highest BCUT2D eigenvalue weighted by Crippen LogP contribution is 2.24. The van der Waals surface area contributed by atoms with Crippen LogP contribution in [0.4, 0.5) is 0 Å². The van der Waals surface area contributed by atoms with E-state index in [4.69, 9.17) is 16.3 Å². The number of halogens is 2. The molecule has 0 N–H and O–H groups in total. The summed E-state index contributed by atoms with van der Waals surface area (Å²) < 4.78 is 7.13. The third-order valence-corrected chi connectivity index (χ3v) is 2.93. The summed E-state index contributed by atoms with van der Waals surface area (Å²) in [5.74, 6) is -0.503. The smallest absolute Gasteiger partial charge is 0.360 e. The minimum absolute atomic E-state index is 0.149. The minimum atomic E-state index is -0.503. The average molecular weight is 331 g/mol. The molecule has 2 aromatic rings. The Kier molecular flexibility index (Phi) is 3.98. The van der Waals surface area contributed by atoms with Crippen molar-refractivity contribution in [2.45, 2.75) is 6.92 Å². The molecule has 18 heavy (non-hydrogen) atoms. The van der Waals surface area contributed by atoms with Crippen LogP contribution in [0.5, 0.6) is 0 Å². The molecule has 0 aliphatic carbocycles. The standard InChI is InChI=1S/C11H9BrClN3O2/c1-2-18-11(17)9-6-16(15-14-9)10-4-3-7(12)5-8(10)13/h3-6H,2H2,1H3. The van der Waals surface area contributed by atoms with Gasteiger partial charge in [-0.25, -0.2) is 9.48 Å². The Morgan fingerprint density at radius 2 is 2.33 bits per heavy atom. The maximum atomic E-state index is 11.4. The Balaban J connectivity index is 2.32. The molecule has 0 radical (unpaired) electrons. The van der Waals surface area contributed by atoms with Gasteiger partial charge in [-0.1, -0.05) is 32.7 Å². The number of hydrogen-bond acceptors (Lipinski definition) is 4. The maximum Gasteiger partial charge on any atom is 0.360 e. The molecule has 0 fully saturated rings. The second-order valence-electron chi connectivity index (χ2n) is 3.36. The first-order valence-corrected chi connectivity index (χ1v) is 6.34. The van der Waals surface area contributed by atoms with E-state index in [1.807, 2.05) is 6.07 Å². The van der Waals surface area contributed by atoms with Crippen molar-refractivity contribution in [3.05, 3.63) is 39.6 Å². The molecule has 5 nitrogen and oxygen atoms in total. The predicted molar refractivity (Wildman–Crippen MR) is 70.0 cm³/mol. The van der Waals surface area contributed by atoms with E-state index in [1.54, 1.807) is 19.1 Å². The Hall–Kier alpha value is -1.40. The van der Waals surface area contributed by atoms with Gasteiger partial charge >= 0.3 is 5.97 Å². The predicted octanol–water partition coefficient (Wildman–Crippen LogP) is 2.86. The van der Waals surface area contributed by atoms with Crippen LogP contribution in [0, 0.1) is 0 Å². The summed E-state index contributed by atoms with van der Waals surface area (Å²) in [4.78, 5) is 11.4. The van der Waals surface area contributed by atoms with Crippen molar-refractivity contribution in [2.24, 2.45) is 0 Å². The molecule has 0 spiro atoms. The van der Waals surface area contributed by atoms with Crippen molar-refractivity contribution in [3.63, 3.8) is 0 Å². The normalized spacial score (nSPS) is 10.4. The van der Waals surface area contributed by atoms with Gasteiger partial charge in [-0.05, 0) is 25.1 Å². The summed E-state index contributed by atoms with van der Waals surface area (Å²) in [5, 5.41) is 8.09. The lowest BCUT2D eigenvalue weighted by atomic mass is 10.3. The molecule has 0 saturated heterocycles. The Morgan fingerprint density at radius 3 is 3.00 bits per heavy atom. The Bertz CT molecular complexity index is 585. The molecule has 0 amide bonds. The molecule has 2 rings (SSSR count). The number of aromatic nitrogens is 3. The first-order valence-electron chi connectivity index (χ1n) is 5.16. The number of hydrogen-bond donors (Lipinski definition) is 0. The summed E-state index contributed by atoms with van der Waals surface area (Å²) in [6.45, 7) is 2.03. The molecule has 0 bridgehead atoms. The molecule has 7 heteroatoms. The topological polar surface area (TPSA) is 57.0 Å². The van der Waals surface area contributed by atoms with E-state index >= 15 is 0 Å². The molecular formula is C11H9BrClN3O2. The van der Waals surface area contributed by atoms with Gasteiger partial charge in [0.05, 0.1) is 23.5 Å². The maximum absolute atomic E-state index is 11.4. The van der Waals surface area contributed by atoms with Gasteiger partial charge in [-0.3, -0.25) is 0 Å². The van der Waals surface area contributed by atoms with Crippen LogP contribution in [0.15, 0.2) is 28.9 Å². The van der Waals surface area contributed by atoms with Crippen molar-refractivity contribution < 1.29 is 9.53 Å². The highest BCUT2D eigenvalue weighted by molar-refractivity contribution is 9.10. The summed E-state index contributed by atoms with van der Waals surface area (Å²) in [7, 11) is 0. The van der Waals surface area contributed by atoms with Crippen LogP contribution >= 0.6 is 27.5 Å². The van der Waals surface area contributed by atoms with Crippen LogP contribution in [0.1, 0.15) is 17.4 Å². The zero-order chi connectivity index (χ0) is 13.1. The fourth-order valence-electron chi connectivity index (χ4n) is 1.35. The second-order valence-corrected chi connectivity index (χ2v) is 4.69. The van der Waals surface area contributed by atoms with Crippen LogP contribution in [0.2, 0.25) is 5.02 Å². The number of rotatable bonds is 3. The van der Waals surface area contributed by atoms with E-state index in [-0.39, 0.29) is 5.69 Å². The molecule has 0 unspecified atom stereocenters. The van der Waals surface area contributed by atoms with Gasteiger partial charge in [0, 0.05) is 4.47 Å². The van der Waals surface area contributed by atoms with Crippen LogP contribution < -0.4 is 0 Å². The van der Waals surface area contributed by atoms with Gasteiger partial charge in [-0.15, -0.1) is 5.10 Å². The lowest BCUT2D eigenvalue weighted by molar-refractivity contribution is 0.0519. The summed E-state index contributed by atoms with van der Waals surface area (Å²) >= 11 is 9.39. The largest absolute Gasteiger partial charge is 0.461 e. The fourth-order valence-corrected chi connectivity index (χ4v) is 2.11. The highest BCUT2D eigenvalue weighted by Gasteiger charge is 2.13. The monoisotopic (exact) mass is 329 g/mol. The third kappa shape index (κ3) is 2.70. The lowest BCUT2D eigenvalue weighted by Crippen LogP contribution is -2.04. The average Bonchev–Trinajstić information content (AvgIpc) is 2.78. The van der Waals surface area contributed by atoms with Gasteiger partial charge in [-0.2, -0.15) is 0 Å². The molecule has 0 saturated carbocycles. The van der Waals surface area contributed by atoms with E-state index < -0.39 is 5.97 Å². The van der Waals surface area contributed by atoms with Crippen LogP contribution in [0.3, 0.4) is 0 Å². The van der Waals surface area contributed by atoms with Crippen molar-refractivity contribution in [3.8, 4) is 5.69 Å². The Labute approximate surface area is 117 Å². The molecule has 1 aromatic heterocycles. The quantitative estimate of drug-likeness (QED) is 0.812. The van der Waals surface area contributed by atoms with Gasteiger partial charge in [0.1, 0.15) is 0 Å². The molecule has 0 aliphatic rings. The van der Waals surface area contributed by atoms with Gasteiger partial charge < -0.3 is 4.74 Å². The van der Waals surface area contributed by atoms with E-state index in [2.05, 4.69) is 26.2 Å². The highest BCUT2D eigenvalue weighted by atomic mass is 79.9. The number of ether oxygens (including phenoxy) is 1. The van der Waals surface area contributed by atoms with Crippen LogP contribution in [-0.4, -0.2) is 27.6 Å². The molecular weight excluding hydrogens is 321 g/mol. The number of carbonyl (C=O) groups excluding carboxylic acids is 1. The zero-order valence-electron chi connectivity index (χ0n) is 9.43. The number of nitrogens with zero attached hydrogens (tertiary/aromatic N) is 3. The van der Waals surface area contributed by atoms with E-state index in [0.717, 1.165) is 4.47 Å². The Morgan fingerprint density at radius 1 is 1.56 bits per heavy atom. The summed E-state index contributed by atoms with van der Waals surface area (Å²) in [6.07, 6.45) is 1.48. The SMILES string of the molecule is CCOC(=O)c1cn(-c2ccc(Br)cc2Cl)nn1. The number of esters is 1. The lowest BCUT2D eigenvalue weighted by Gasteiger charge is -2.02. The van der Waals surface area contributed by atoms with Crippen LogP contribution in [0.25, 0.3) is 5.69 Å². The van der Waals surface area contributed by atoms with Crippen molar-refractivity contribution >= 4 is 33.5 Å². The first kappa shape index (κ1) is 13.0. The second kappa shape index (κ2) is 5.49. The van der Waals surface area contributed by atoms with Crippen molar-refractivity contribution in [1.29, 1.82) is 0 Å². The van der Waals surface area contributed by atoms with Gasteiger partial charge in [0.25, 0.3) is 0 Å². The van der Waals surface area contributed by atoms with Crippen molar-refractivity contribution in [1.82, 2.24) is 15.0 Å². The summed E-state index contributed by atoms with van der Waals surface area (Å²) in [6, 6.07) is 5.34. The van der Waals surface area contributed by atoms with E-state index in [9.17, 15) is 4.79 Å². The first-order chi connectivity index (χ1) is 8.61. The minimum Gasteiger partial charge on any atom is -0.461 e.